The molecule has 0 saturated heterocycles. The van der Waals surface area contributed by atoms with Crippen LogP contribution in [0.4, 0.5) is 8.78 Å². The number of alkyl halides is 3. The maximum Gasteiger partial charge on any atom is 0.262 e. The smallest absolute Gasteiger partial charge is 0.262 e. The highest BCUT2D eigenvalue weighted by Gasteiger charge is 2.22. The fourth-order valence-corrected chi connectivity index (χ4v) is 0.220. The minimum Gasteiger partial charge on any atom is -0.286 e. The third kappa shape index (κ3) is 2.47. The highest BCUT2D eigenvalue weighted by molar-refractivity contribution is 7.97. The van der Waals surface area contributed by atoms with Crippen molar-refractivity contribution in [1.82, 2.24) is 0 Å². The summed E-state index contributed by atoms with van der Waals surface area (Å²) in [5, 5.41) is -2.76. The van der Waals surface area contributed by atoms with E-state index >= 15 is 0 Å². The number of halogens is 3. The molecule has 5 heteroatoms. The molecule has 0 aliphatic heterocycles. The Morgan fingerprint density at radius 1 is 1.62 bits per heavy atom. The van der Waals surface area contributed by atoms with Crippen LogP contribution in [0, 0.1) is 0 Å². The predicted molar refractivity (Wildman–Crippen MR) is 29.6 cm³/mol. The molecule has 0 aliphatic rings. The molecule has 0 radical (unpaired) electrons. The van der Waals surface area contributed by atoms with Gasteiger partial charge in [-0.3, -0.25) is 4.79 Å². The second kappa shape index (κ2) is 3.25. The Kier molecular flexibility index (Phi) is 3.31. The van der Waals surface area contributed by atoms with Crippen molar-refractivity contribution in [2.45, 2.75) is 11.8 Å². The Balaban J connectivity index is 3.64. The van der Waals surface area contributed by atoms with E-state index in [2.05, 4.69) is 12.6 Å². The van der Waals surface area contributed by atoms with Gasteiger partial charge in [0.2, 0.25) is 5.12 Å². The Labute approximate surface area is 55.4 Å². The lowest BCUT2D eigenvalue weighted by molar-refractivity contribution is -0.112. The highest BCUT2D eigenvalue weighted by atomic mass is 35.5. The van der Waals surface area contributed by atoms with Crippen molar-refractivity contribution in [3.8, 4) is 0 Å². The van der Waals surface area contributed by atoms with E-state index < -0.39 is 16.9 Å². The standard InChI is InChI=1S/C3H3ClF2OS/c4-1(2(5)6)3(7)8/h1-2H,(H,7,8). The lowest BCUT2D eigenvalue weighted by Crippen LogP contribution is -2.17. The molecule has 0 aromatic carbocycles. The Morgan fingerprint density at radius 2 is 2.00 bits per heavy atom. The third-order valence-electron chi connectivity index (χ3n) is 0.457. The van der Waals surface area contributed by atoms with Crippen LogP contribution >= 0.6 is 24.2 Å². The SMILES string of the molecule is O=C(S)C(Cl)C(F)F. The fourth-order valence-electron chi connectivity index (χ4n) is 0.108. The number of hydrogen-bond donors (Lipinski definition) is 1. The van der Waals surface area contributed by atoms with Gasteiger partial charge in [-0.25, -0.2) is 8.78 Å². The van der Waals surface area contributed by atoms with E-state index in [-0.39, 0.29) is 0 Å². The number of carbonyl (C=O) groups is 1. The van der Waals surface area contributed by atoms with Gasteiger partial charge in [-0.1, -0.05) is 0 Å². The molecule has 0 aromatic rings. The number of rotatable bonds is 2. The molecule has 48 valence electrons. The van der Waals surface area contributed by atoms with Gasteiger partial charge in [-0.05, 0) is 0 Å². The molecule has 0 aliphatic carbocycles. The van der Waals surface area contributed by atoms with E-state index in [1.165, 1.54) is 0 Å². The van der Waals surface area contributed by atoms with Gasteiger partial charge in [0.25, 0.3) is 6.43 Å². The van der Waals surface area contributed by atoms with Gasteiger partial charge in [-0.15, -0.1) is 24.2 Å². The molecule has 0 bridgehead atoms. The molecule has 0 fully saturated rings. The lowest BCUT2D eigenvalue weighted by Gasteiger charge is -1.99. The maximum atomic E-state index is 11.3. The van der Waals surface area contributed by atoms with Gasteiger partial charge in [-0.2, -0.15) is 0 Å². The lowest BCUT2D eigenvalue weighted by atomic mass is 10.5. The first kappa shape index (κ1) is 8.17. The van der Waals surface area contributed by atoms with Gasteiger partial charge in [0.15, 0.2) is 5.38 Å². The average molecular weight is 161 g/mol. The van der Waals surface area contributed by atoms with Gasteiger partial charge >= 0.3 is 0 Å². The van der Waals surface area contributed by atoms with E-state index in [4.69, 9.17) is 11.6 Å². The molecule has 1 atom stereocenters. The normalized spacial score (nSPS) is 14.1. The third-order valence-corrected chi connectivity index (χ3v) is 1.28. The van der Waals surface area contributed by atoms with Crippen LogP contribution in [0.2, 0.25) is 0 Å². The summed E-state index contributed by atoms with van der Waals surface area (Å²) in [6.45, 7) is 0. The van der Waals surface area contributed by atoms with Gasteiger partial charge in [0.05, 0.1) is 0 Å². The van der Waals surface area contributed by atoms with Crippen molar-refractivity contribution in [2.75, 3.05) is 0 Å². The Morgan fingerprint density at radius 3 is 2.00 bits per heavy atom. The monoisotopic (exact) mass is 160 g/mol. The molecule has 0 N–H and O–H groups in total. The number of hydrogen-bond acceptors (Lipinski definition) is 1. The first-order chi connectivity index (χ1) is 3.55. The summed E-state index contributed by atoms with van der Waals surface area (Å²) >= 11 is 7.86. The topological polar surface area (TPSA) is 17.1 Å². The summed E-state index contributed by atoms with van der Waals surface area (Å²) in [5.74, 6) is 0. The van der Waals surface area contributed by atoms with Gasteiger partial charge in [0.1, 0.15) is 0 Å². The summed E-state index contributed by atoms with van der Waals surface area (Å²) in [4.78, 5) is 9.84. The van der Waals surface area contributed by atoms with Crippen LogP contribution in [0.3, 0.4) is 0 Å². The maximum absolute atomic E-state index is 11.3. The van der Waals surface area contributed by atoms with Crippen molar-refractivity contribution in [3.05, 3.63) is 0 Å². The zero-order valence-electron chi connectivity index (χ0n) is 3.64. The van der Waals surface area contributed by atoms with Crippen molar-refractivity contribution in [2.24, 2.45) is 0 Å². The fraction of sp³-hybridized carbons (Fsp3) is 0.667. The van der Waals surface area contributed by atoms with Crippen LogP contribution in [0.1, 0.15) is 0 Å². The summed E-state index contributed by atoms with van der Waals surface area (Å²) in [6, 6.07) is 0. The molecule has 8 heavy (non-hydrogen) atoms. The van der Waals surface area contributed by atoms with Crippen LogP contribution in [0.15, 0.2) is 0 Å². The van der Waals surface area contributed by atoms with E-state index in [0.29, 0.717) is 0 Å². The van der Waals surface area contributed by atoms with E-state index in [1.54, 1.807) is 0 Å². The van der Waals surface area contributed by atoms with E-state index in [9.17, 15) is 13.6 Å². The largest absolute Gasteiger partial charge is 0.286 e. The molecule has 1 nitrogen and oxygen atoms in total. The zero-order valence-corrected chi connectivity index (χ0v) is 5.29. The molecular formula is C3H3ClF2OS. The molecule has 0 heterocycles. The van der Waals surface area contributed by atoms with Crippen LogP contribution in [-0.2, 0) is 4.79 Å². The Hall–Kier alpha value is 0.170. The summed E-state index contributed by atoms with van der Waals surface area (Å²) < 4.78 is 22.6. The molecular weight excluding hydrogens is 158 g/mol. The molecule has 0 amide bonds. The molecule has 0 rings (SSSR count). The second-order valence-corrected chi connectivity index (χ2v) is 1.99. The van der Waals surface area contributed by atoms with E-state index in [0.717, 1.165) is 0 Å². The van der Waals surface area contributed by atoms with Crippen LogP contribution in [0.5, 0.6) is 0 Å². The van der Waals surface area contributed by atoms with Crippen molar-refractivity contribution in [3.63, 3.8) is 0 Å². The minimum absolute atomic E-state index is 0.998. The van der Waals surface area contributed by atoms with Crippen molar-refractivity contribution < 1.29 is 13.6 Å². The molecule has 1 unspecified atom stereocenters. The van der Waals surface area contributed by atoms with Gasteiger partial charge < -0.3 is 0 Å². The molecule has 0 spiro atoms. The first-order valence-corrected chi connectivity index (χ1v) is 2.59. The zero-order chi connectivity index (χ0) is 6.73. The summed E-state index contributed by atoms with van der Waals surface area (Å²) in [6.07, 6.45) is -2.82. The molecule has 0 aromatic heterocycles. The average Bonchev–Trinajstić information content (AvgIpc) is 1.64. The van der Waals surface area contributed by atoms with Crippen molar-refractivity contribution in [1.29, 1.82) is 0 Å². The first-order valence-electron chi connectivity index (χ1n) is 1.70. The van der Waals surface area contributed by atoms with Crippen LogP contribution in [-0.4, -0.2) is 16.9 Å². The van der Waals surface area contributed by atoms with Crippen molar-refractivity contribution >= 4 is 29.3 Å². The van der Waals surface area contributed by atoms with Crippen LogP contribution in [0.25, 0.3) is 0 Å². The molecule has 0 saturated carbocycles. The highest BCUT2D eigenvalue weighted by Crippen LogP contribution is 2.10. The van der Waals surface area contributed by atoms with Gasteiger partial charge in [0, 0.05) is 0 Å². The summed E-state index contributed by atoms with van der Waals surface area (Å²) in [7, 11) is 0. The quantitative estimate of drug-likeness (QED) is 0.476. The predicted octanol–water partition coefficient (Wildman–Crippen LogP) is 1.32. The number of thiol groups is 1. The van der Waals surface area contributed by atoms with E-state index in [1.807, 2.05) is 0 Å². The minimum atomic E-state index is -2.82. The second-order valence-electron chi connectivity index (χ2n) is 1.07. The summed E-state index contributed by atoms with van der Waals surface area (Å²) in [5.41, 5.74) is 0. The van der Waals surface area contributed by atoms with Crippen LogP contribution < -0.4 is 0 Å². The number of carbonyl (C=O) groups excluding carboxylic acids is 1. The Bertz CT molecular complexity index is 97.3.